The standard InChI is InChI=1S/C17H16F2O3/c18-14-8-12(9-15(19)10-14)6-7-16(20)11-22-17(21)13-4-2-1-3-5-13/h1-5,8-10,16,20H,6-7,11H2. The molecule has 0 amide bonds. The van der Waals surface area contributed by atoms with E-state index in [-0.39, 0.29) is 13.0 Å². The zero-order valence-corrected chi connectivity index (χ0v) is 11.8. The maximum atomic E-state index is 13.0. The van der Waals surface area contributed by atoms with Gasteiger partial charge in [0.05, 0.1) is 11.7 Å². The van der Waals surface area contributed by atoms with Crippen LogP contribution in [0.3, 0.4) is 0 Å². The van der Waals surface area contributed by atoms with E-state index < -0.39 is 23.7 Å². The molecule has 1 N–H and O–H groups in total. The van der Waals surface area contributed by atoms with Crippen LogP contribution in [0.1, 0.15) is 22.3 Å². The number of rotatable bonds is 6. The Labute approximate surface area is 127 Å². The molecule has 0 spiro atoms. The summed E-state index contributed by atoms with van der Waals surface area (Å²) in [7, 11) is 0. The maximum Gasteiger partial charge on any atom is 0.338 e. The minimum atomic E-state index is -0.890. The highest BCUT2D eigenvalue weighted by Crippen LogP contribution is 2.11. The topological polar surface area (TPSA) is 46.5 Å². The van der Waals surface area contributed by atoms with E-state index in [1.165, 1.54) is 12.1 Å². The molecule has 22 heavy (non-hydrogen) atoms. The van der Waals surface area contributed by atoms with Crippen molar-refractivity contribution in [3.8, 4) is 0 Å². The second kappa shape index (κ2) is 7.66. The van der Waals surface area contributed by atoms with E-state index >= 15 is 0 Å². The molecule has 0 saturated carbocycles. The molecule has 1 atom stereocenters. The SMILES string of the molecule is O=C(OCC(O)CCc1cc(F)cc(F)c1)c1ccccc1. The number of carbonyl (C=O) groups excluding carboxylic acids is 1. The lowest BCUT2D eigenvalue weighted by molar-refractivity contribution is 0.0239. The average molecular weight is 306 g/mol. The van der Waals surface area contributed by atoms with Gasteiger partial charge in [-0.15, -0.1) is 0 Å². The zero-order chi connectivity index (χ0) is 15.9. The molecule has 0 bridgehead atoms. The molecule has 1 unspecified atom stereocenters. The van der Waals surface area contributed by atoms with Crippen LogP contribution in [0, 0.1) is 11.6 Å². The zero-order valence-electron chi connectivity index (χ0n) is 11.8. The van der Waals surface area contributed by atoms with Crippen LogP contribution in [0.2, 0.25) is 0 Å². The lowest BCUT2D eigenvalue weighted by Gasteiger charge is -2.11. The molecular formula is C17H16F2O3. The summed E-state index contributed by atoms with van der Waals surface area (Å²) in [6, 6.07) is 11.7. The predicted octanol–water partition coefficient (Wildman–Crippen LogP) is 3.12. The number of aryl methyl sites for hydroxylation is 1. The van der Waals surface area contributed by atoms with Gasteiger partial charge in [-0.1, -0.05) is 18.2 Å². The number of carbonyl (C=O) groups is 1. The van der Waals surface area contributed by atoms with Crippen LogP contribution in [0.4, 0.5) is 8.78 Å². The van der Waals surface area contributed by atoms with Gasteiger partial charge in [0.1, 0.15) is 18.2 Å². The second-order valence-corrected chi connectivity index (χ2v) is 4.93. The summed E-state index contributed by atoms with van der Waals surface area (Å²) in [5.41, 5.74) is 0.854. The lowest BCUT2D eigenvalue weighted by Crippen LogP contribution is -2.19. The molecule has 0 radical (unpaired) electrons. The Bertz CT molecular complexity index is 609. The third-order valence-electron chi connectivity index (χ3n) is 3.10. The van der Waals surface area contributed by atoms with E-state index in [0.717, 1.165) is 6.07 Å². The van der Waals surface area contributed by atoms with Crippen molar-refractivity contribution < 1.29 is 23.4 Å². The molecule has 0 saturated heterocycles. The Balaban J connectivity index is 1.78. The predicted molar refractivity (Wildman–Crippen MR) is 77.4 cm³/mol. The minimum absolute atomic E-state index is 0.161. The molecule has 0 heterocycles. The molecule has 0 aliphatic heterocycles. The summed E-state index contributed by atoms with van der Waals surface area (Å²) in [4.78, 5) is 11.7. The van der Waals surface area contributed by atoms with E-state index in [1.807, 2.05) is 0 Å². The number of halogens is 2. The van der Waals surface area contributed by atoms with Gasteiger partial charge in [0.2, 0.25) is 0 Å². The number of hydrogen-bond donors (Lipinski definition) is 1. The summed E-state index contributed by atoms with van der Waals surface area (Å²) in [6.45, 7) is -0.161. The van der Waals surface area contributed by atoms with Gasteiger partial charge in [0, 0.05) is 6.07 Å². The van der Waals surface area contributed by atoms with Crippen LogP contribution in [-0.4, -0.2) is 23.8 Å². The Morgan fingerprint density at radius 1 is 1.09 bits per heavy atom. The first-order valence-corrected chi connectivity index (χ1v) is 6.90. The molecular weight excluding hydrogens is 290 g/mol. The molecule has 0 aromatic heterocycles. The normalized spacial score (nSPS) is 12.0. The van der Waals surface area contributed by atoms with E-state index in [1.54, 1.807) is 30.3 Å². The average Bonchev–Trinajstić information content (AvgIpc) is 2.50. The molecule has 5 heteroatoms. The first kappa shape index (κ1) is 16.1. The lowest BCUT2D eigenvalue weighted by atomic mass is 10.1. The van der Waals surface area contributed by atoms with Crippen LogP contribution in [0.15, 0.2) is 48.5 Å². The number of benzene rings is 2. The summed E-state index contributed by atoms with van der Waals surface area (Å²) in [5.74, 6) is -1.82. The molecule has 2 rings (SSSR count). The van der Waals surface area contributed by atoms with E-state index in [9.17, 15) is 18.7 Å². The fraction of sp³-hybridized carbons (Fsp3) is 0.235. The van der Waals surface area contributed by atoms with Crippen molar-refractivity contribution >= 4 is 5.97 Å². The van der Waals surface area contributed by atoms with Crippen LogP contribution in [0.5, 0.6) is 0 Å². The van der Waals surface area contributed by atoms with Crippen LogP contribution < -0.4 is 0 Å². The van der Waals surface area contributed by atoms with Crippen LogP contribution in [-0.2, 0) is 11.2 Å². The van der Waals surface area contributed by atoms with E-state index in [2.05, 4.69) is 0 Å². The Morgan fingerprint density at radius 3 is 2.36 bits per heavy atom. The molecule has 2 aromatic rings. The van der Waals surface area contributed by atoms with Gasteiger partial charge in [0.25, 0.3) is 0 Å². The van der Waals surface area contributed by atoms with Crippen molar-refractivity contribution in [2.45, 2.75) is 18.9 Å². The van der Waals surface area contributed by atoms with Crippen molar-refractivity contribution in [1.29, 1.82) is 0 Å². The van der Waals surface area contributed by atoms with E-state index in [0.29, 0.717) is 17.5 Å². The first-order valence-electron chi connectivity index (χ1n) is 6.90. The quantitative estimate of drug-likeness (QED) is 0.834. The summed E-state index contributed by atoms with van der Waals surface area (Å²) in [6.07, 6.45) is -0.358. The highest BCUT2D eigenvalue weighted by molar-refractivity contribution is 5.89. The second-order valence-electron chi connectivity index (χ2n) is 4.93. The molecule has 0 aliphatic rings. The number of esters is 1. The number of hydrogen-bond acceptors (Lipinski definition) is 3. The maximum absolute atomic E-state index is 13.0. The van der Waals surface area contributed by atoms with Gasteiger partial charge in [-0.2, -0.15) is 0 Å². The van der Waals surface area contributed by atoms with Crippen molar-refractivity contribution in [2.75, 3.05) is 6.61 Å². The summed E-state index contributed by atoms with van der Waals surface area (Å²) < 4.78 is 31.0. The van der Waals surface area contributed by atoms with E-state index in [4.69, 9.17) is 4.74 Å². The molecule has 3 nitrogen and oxygen atoms in total. The first-order chi connectivity index (χ1) is 10.5. The van der Waals surface area contributed by atoms with Crippen molar-refractivity contribution in [3.05, 3.63) is 71.3 Å². The molecule has 0 fully saturated rings. The van der Waals surface area contributed by atoms with Crippen molar-refractivity contribution in [3.63, 3.8) is 0 Å². The highest BCUT2D eigenvalue weighted by atomic mass is 19.1. The fourth-order valence-corrected chi connectivity index (χ4v) is 2.00. The molecule has 116 valence electrons. The Kier molecular flexibility index (Phi) is 5.61. The third kappa shape index (κ3) is 4.93. The van der Waals surface area contributed by atoms with Crippen molar-refractivity contribution in [2.24, 2.45) is 0 Å². The summed E-state index contributed by atoms with van der Waals surface area (Å²) >= 11 is 0. The number of aliphatic hydroxyl groups excluding tert-OH is 1. The Hall–Kier alpha value is -2.27. The molecule has 2 aromatic carbocycles. The third-order valence-corrected chi connectivity index (χ3v) is 3.10. The Morgan fingerprint density at radius 2 is 1.73 bits per heavy atom. The molecule has 0 aliphatic carbocycles. The van der Waals surface area contributed by atoms with Crippen LogP contribution >= 0.6 is 0 Å². The van der Waals surface area contributed by atoms with Gasteiger partial charge < -0.3 is 9.84 Å². The number of ether oxygens (including phenoxy) is 1. The van der Waals surface area contributed by atoms with Crippen molar-refractivity contribution in [1.82, 2.24) is 0 Å². The monoisotopic (exact) mass is 306 g/mol. The number of aliphatic hydroxyl groups is 1. The van der Waals surface area contributed by atoms with Gasteiger partial charge >= 0.3 is 5.97 Å². The van der Waals surface area contributed by atoms with Gasteiger partial charge in [0.15, 0.2) is 0 Å². The summed E-state index contributed by atoms with van der Waals surface area (Å²) in [5, 5.41) is 9.78. The smallest absolute Gasteiger partial charge is 0.338 e. The largest absolute Gasteiger partial charge is 0.459 e. The van der Waals surface area contributed by atoms with Gasteiger partial charge in [-0.25, -0.2) is 13.6 Å². The van der Waals surface area contributed by atoms with Gasteiger partial charge in [-0.3, -0.25) is 0 Å². The van der Waals surface area contributed by atoms with Gasteiger partial charge in [-0.05, 0) is 42.7 Å². The minimum Gasteiger partial charge on any atom is -0.459 e. The van der Waals surface area contributed by atoms with Crippen LogP contribution in [0.25, 0.3) is 0 Å². The fourth-order valence-electron chi connectivity index (χ4n) is 2.00. The highest BCUT2D eigenvalue weighted by Gasteiger charge is 2.11.